The van der Waals surface area contributed by atoms with Gasteiger partial charge in [0.25, 0.3) is 0 Å². The summed E-state index contributed by atoms with van der Waals surface area (Å²) in [5, 5.41) is 3.92. The zero-order valence-corrected chi connectivity index (χ0v) is 11.0. The number of likely N-dealkylation sites (N-methyl/N-ethyl adjacent to an activating group) is 1. The number of carbonyl (C=O) groups is 1. The molecular formula is C11H18N4OS. The van der Waals surface area contributed by atoms with Gasteiger partial charge in [-0.1, -0.05) is 0 Å². The zero-order chi connectivity index (χ0) is 12.7. The molecule has 0 saturated carbocycles. The van der Waals surface area contributed by atoms with E-state index in [0.717, 1.165) is 23.6 Å². The van der Waals surface area contributed by atoms with Crippen molar-refractivity contribution < 1.29 is 4.79 Å². The number of carbonyl (C=O) groups excluding carboxylic acids is 1. The van der Waals surface area contributed by atoms with Crippen LogP contribution in [0.3, 0.4) is 0 Å². The second-order valence-corrected chi connectivity index (χ2v) is 5.06. The van der Waals surface area contributed by atoms with Crippen LogP contribution in [0, 0.1) is 0 Å². The third-order valence-electron chi connectivity index (χ3n) is 2.72. The molecule has 0 aliphatic rings. The van der Waals surface area contributed by atoms with Crippen LogP contribution in [0.2, 0.25) is 0 Å². The Labute approximate surface area is 106 Å². The number of hydrogen-bond donors (Lipinski definition) is 2. The first-order valence-electron chi connectivity index (χ1n) is 5.46. The Morgan fingerprint density at radius 2 is 2.41 bits per heavy atom. The van der Waals surface area contributed by atoms with Crippen molar-refractivity contribution in [1.82, 2.24) is 15.3 Å². The van der Waals surface area contributed by atoms with E-state index in [-0.39, 0.29) is 5.91 Å². The lowest BCUT2D eigenvalue weighted by atomic mass is 9.96. The van der Waals surface area contributed by atoms with Gasteiger partial charge in [0.15, 0.2) is 0 Å². The Balaban J connectivity index is 2.31. The van der Waals surface area contributed by atoms with Crippen LogP contribution in [0.1, 0.15) is 19.8 Å². The van der Waals surface area contributed by atoms with Gasteiger partial charge in [-0.05, 0) is 38.6 Å². The topological polar surface area (TPSA) is 80.9 Å². The second-order valence-electron chi connectivity index (χ2n) is 3.95. The van der Waals surface area contributed by atoms with Gasteiger partial charge in [0, 0.05) is 6.20 Å². The van der Waals surface area contributed by atoms with Crippen molar-refractivity contribution >= 4 is 17.7 Å². The normalized spacial score (nSPS) is 14.2. The van der Waals surface area contributed by atoms with E-state index < -0.39 is 5.54 Å². The van der Waals surface area contributed by atoms with E-state index in [1.807, 2.05) is 13.0 Å². The molecule has 0 bridgehead atoms. The molecule has 0 aliphatic heterocycles. The lowest BCUT2D eigenvalue weighted by Gasteiger charge is -2.25. The van der Waals surface area contributed by atoms with Gasteiger partial charge in [-0.15, -0.1) is 11.8 Å². The summed E-state index contributed by atoms with van der Waals surface area (Å²) in [4.78, 5) is 19.2. The minimum atomic E-state index is -0.619. The van der Waals surface area contributed by atoms with Crippen molar-refractivity contribution in [1.29, 1.82) is 0 Å². The molecule has 6 heteroatoms. The fourth-order valence-corrected chi connectivity index (χ4v) is 2.11. The lowest BCUT2D eigenvalue weighted by molar-refractivity contribution is -0.123. The highest BCUT2D eigenvalue weighted by Crippen LogP contribution is 2.18. The lowest BCUT2D eigenvalue weighted by Crippen LogP contribution is -2.51. The highest BCUT2D eigenvalue weighted by Gasteiger charge is 2.27. The zero-order valence-electron chi connectivity index (χ0n) is 10.1. The Morgan fingerprint density at radius 1 is 1.65 bits per heavy atom. The van der Waals surface area contributed by atoms with Crippen molar-refractivity contribution in [2.24, 2.45) is 5.73 Å². The van der Waals surface area contributed by atoms with Gasteiger partial charge in [0.2, 0.25) is 5.91 Å². The summed E-state index contributed by atoms with van der Waals surface area (Å²) < 4.78 is 0. The average Bonchev–Trinajstić information content (AvgIpc) is 2.35. The summed E-state index contributed by atoms with van der Waals surface area (Å²) in [6, 6.07) is 1.87. The molecule has 1 heterocycles. The van der Waals surface area contributed by atoms with Crippen LogP contribution in [-0.4, -0.2) is 34.2 Å². The Bertz CT molecular complexity index is 360. The third-order valence-corrected chi connectivity index (χ3v) is 3.75. The number of nitrogens with one attached hydrogen (secondary N) is 1. The van der Waals surface area contributed by atoms with Gasteiger partial charge in [0.05, 0.1) is 10.6 Å². The SMILES string of the molecule is CNC(C)(CCCSc1ccncn1)C(N)=O. The maximum absolute atomic E-state index is 11.2. The monoisotopic (exact) mass is 254 g/mol. The van der Waals surface area contributed by atoms with E-state index in [4.69, 9.17) is 5.73 Å². The molecule has 0 spiro atoms. The quantitative estimate of drug-likeness (QED) is 0.427. The molecule has 0 aromatic carbocycles. The molecule has 3 N–H and O–H groups in total. The van der Waals surface area contributed by atoms with Crippen LogP contribution in [0.5, 0.6) is 0 Å². The minimum absolute atomic E-state index is 0.313. The van der Waals surface area contributed by atoms with Crippen LogP contribution < -0.4 is 11.1 Å². The predicted octanol–water partition coefficient (Wildman–Crippen LogP) is 0.812. The summed E-state index contributed by atoms with van der Waals surface area (Å²) in [6.07, 6.45) is 4.87. The molecule has 1 unspecified atom stereocenters. The van der Waals surface area contributed by atoms with E-state index in [0.29, 0.717) is 0 Å². The van der Waals surface area contributed by atoms with Crippen LogP contribution in [0.15, 0.2) is 23.6 Å². The standard InChI is InChI=1S/C11H18N4OS/c1-11(13-2,10(12)16)5-3-7-17-9-4-6-14-8-15-9/h4,6,8,13H,3,5,7H2,1-2H3,(H2,12,16). The molecule has 0 aliphatic carbocycles. The Hall–Kier alpha value is -1.14. The highest BCUT2D eigenvalue weighted by molar-refractivity contribution is 7.99. The molecule has 1 amide bonds. The van der Waals surface area contributed by atoms with Crippen molar-refractivity contribution in [3.63, 3.8) is 0 Å². The van der Waals surface area contributed by atoms with E-state index in [2.05, 4.69) is 15.3 Å². The van der Waals surface area contributed by atoms with Gasteiger partial charge in [-0.3, -0.25) is 4.79 Å². The second kappa shape index (κ2) is 6.56. The maximum atomic E-state index is 11.2. The molecule has 17 heavy (non-hydrogen) atoms. The van der Waals surface area contributed by atoms with Crippen molar-refractivity contribution in [2.45, 2.75) is 30.3 Å². The molecule has 1 atom stereocenters. The highest BCUT2D eigenvalue weighted by atomic mass is 32.2. The number of amides is 1. The molecule has 5 nitrogen and oxygen atoms in total. The predicted molar refractivity (Wildman–Crippen MR) is 68.6 cm³/mol. The first-order valence-corrected chi connectivity index (χ1v) is 6.44. The molecule has 1 rings (SSSR count). The average molecular weight is 254 g/mol. The first-order chi connectivity index (χ1) is 8.08. The summed E-state index contributed by atoms with van der Waals surface area (Å²) in [5.74, 6) is 0.591. The van der Waals surface area contributed by atoms with Gasteiger partial charge < -0.3 is 11.1 Å². The Morgan fingerprint density at radius 3 is 2.94 bits per heavy atom. The molecule has 0 radical (unpaired) electrons. The summed E-state index contributed by atoms with van der Waals surface area (Å²) in [6.45, 7) is 1.82. The smallest absolute Gasteiger partial charge is 0.237 e. The van der Waals surface area contributed by atoms with Crippen molar-refractivity contribution in [3.8, 4) is 0 Å². The van der Waals surface area contributed by atoms with E-state index >= 15 is 0 Å². The largest absolute Gasteiger partial charge is 0.368 e. The van der Waals surface area contributed by atoms with Crippen LogP contribution in [0.25, 0.3) is 0 Å². The summed E-state index contributed by atoms with van der Waals surface area (Å²) in [7, 11) is 1.75. The van der Waals surface area contributed by atoms with E-state index in [1.165, 1.54) is 6.33 Å². The molecule has 94 valence electrons. The van der Waals surface area contributed by atoms with E-state index in [9.17, 15) is 4.79 Å². The van der Waals surface area contributed by atoms with Crippen LogP contribution in [-0.2, 0) is 4.79 Å². The number of rotatable bonds is 7. The van der Waals surface area contributed by atoms with Gasteiger partial charge in [-0.25, -0.2) is 9.97 Å². The van der Waals surface area contributed by atoms with Crippen molar-refractivity contribution in [3.05, 3.63) is 18.6 Å². The Kier molecular flexibility index (Phi) is 5.37. The van der Waals surface area contributed by atoms with E-state index in [1.54, 1.807) is 25.0 Å². The minimum Gasteiger partial charge on any atom is -0.368 e. The molecule has 0 fully saturated rings. The number of nitrogens with zero attached hydrogens (tertiary/aromatic N) is 2. The number of aromatic nitrogens is 2. The summed E-state index contributed by atoms with van der Waals surface area (Å²) >= 11 is 1.65. The molecular weight excluding hydrogens is 236 g/mol. The number of nitrogens with two attached hydrogens (primary N) is 1. The van der Waals surface area contributed by atoms with Crippen molar-refractivity contribution in [2.75, 3.05) is 12.8 Å². The fourth-order valence-electron chi connectivity index (χ4n) is 1.34. The maximum Gasteiger partial charge on any atom is 0.237 e. The summed E-state index contributed by atoms with van der Waals surface area (Å²) in [5.41, 5.74) is 4.73. The van der Waals surface area contributed by atoms with Crippen LogP contribution in [0.4, 0.5) is 0 Å². The van der Waals surface area contributed by atoms with Crippen LogP contribution >= 0.6 is 11.8 Å². The first kappa shape index (κ1) is 13.9. The number of thioether (sulfide) groups is 1. The number of hydrogen-bond acceptors (Lipinski definition) is 5. The molecule has 0 saturated heterocycles. The fraction of sp³-hybridized carbons (Fsp3) is 0.545. The molecule has 1 aromatic heterocycles. The number of primary amides is 1. The third kappa shape index (κ3) is 4.32. The van der Waals surface area contributed by atoms with Gasteiger partial charge >= 0.3 is 0 Å². The van der Waals surface area contributed by atoms with Gasteiger partial charge in [0.1, 0.15) is 6.33 Å². The molecule has 1 aromatic rings. The van der Waals surface area contributed by atoms with Gasteiger partial charge in [-0.2, -0.15) is 0 Å².